The van der Waals surface area contributed by atoms with Crippen LogP contribution in [0.3, 0.4) is 0 Å². The van der Waals surface area contributed by atoms with E-state index < -0.39 is 12.1 Å². The number of alkyl carbamates (subject to hydrolysis) is 1. The molecule has 0 saturated heterocycles. The van der Waals surface area contributed by atoms with Crippen LogP contribution in [-0.4, -0.2) is 24.6 Å². The number of benzene rings is 1. The Balaban J connectivity index is 2.75. The summed E-state index contributed by atoms with van der Waals surface area (Å²) in [5.74, 6) is -0.414. The second-order valence-electron chi connectivity index (χ2n) is 4.56. The van der Waals surface area contributed by atoms with Crippen molar-refractivity contribution in [2.75, 3.05) is 11.9 Å². The number of hydrogen-bond donors (Lipinski definition) is 2. The molecule has 0 spiro atoms. The number of hydrogen-bond acceptors (Lipinski definition) is 3. The number of halogens is 1. The van der Waals surface area contributed by atoms with Gasteiger partial charge in [-0.15, -0.1) is 0 Å². The highest BCUT2D eigenvalue weighted by Gasteiger charge is 2.25. The summed E-state index contributed by atoms with van der Waals surface area (Å²) in [4.78, 5) is 23.6. The molecule has 2 amide bonds. The van der Waals surface area contributed by atoms with Gasteiger partial charge in [0.2, 0.25) is 5.91 Å². The van der Waals surface area contributed by atoms with E-state index in [1.807, 2.05) is 13.8 Å². The van der Waals surface area contributed by atoms with E-state index in [-0.39, 0.29) is 18.4 Å². The van der Waals surface area contributed by atoms with E-state index in [4.69, 9.17) is 16.3 Å². The summed E-state index contributed by atoms with van der Waals surface area (Å²) in [6, 6.07) is 6.23. The van der Waals surface area contributed by atoms with E-state index in [2.05, 4.69) is 10.6 Å². The maximum atomic E-state index is 12.2. The number of ether oxygens (including phenoxy) is 1. The van der Waals surface area contributed by atoms with Gasteiger partial charge >= 0.3 is 6.09 Å². The van der Waals surface area contributed by atoms with Gasteiger partial charge in [-0.2, -0.15) is 0 Å². The van der Waals surface area contributed by atoms with Crippen molar-refractivity contribution >= 4 is 29.3 Å². The van der Waals surface area contributed by atoms with Gasteiger partial charge in [0.05, 0.1) is 17.3 Å². The molecular formula is C14H19ClN2O3. The second-order valence-corrected chi connectivity index (χ2v) is 4.96. The summed E-state index contributed by atoms with van der Waals surface area (Å²) < 4.78 is 4.79. The number of carbonyl (C=O) groups is 2. The minimum Gasteiger partial charge on any atom is -0.450 e. The average molecular weight is 299 g/mol. The topological polar surface area (TPSA) is 67.4 Å². The van der Waals surface area contributed by atoms with Crippen LogP contribution in [0, 0.1) is 5.92 Å². The van der Waals surface area contributed by atoms with E-state index in [9.17, 15) is 9.59 Å². The van der Waals surface area contributed by atoms with Crippen LogP contribution in [0.5, 0.6) is 0 Å². The number of rotatable bonds is 5. The van der Waals surface area contributed by atoms with Crippen molar-refractivity contribution in [2.45, 2.75) is 26.8 Å². The van der Waals surface area contributed by atoms with E-state index in [0.29, 0.717) is 10.7 Å². The zero-order chi connectivity index (χ0) is 15.1. The molecular weight excluding hydrogens is 280 g/mol. The lowest BCUT2D eigenvalue weighted by atomic mass is 10.0. The molecule has 1 aromatic carbocycles. The normalized spacial score (nSPS) is 11.8. The third-order valence-electron chi connectivity index (χ3n) is 2.63. The van der Waals surface area contributed by atoms with Gasteiger partial charge in [0.15, 0.2) is 0 Å². The standard InChI is InChI=1S/C14H19ClN2O3/c1-4-20-14(19)17-12(9(2)3)13(18)16-11-8-6-5-7-10(11)15/h5-9,12H,4H2,1-3H3,(H,16,18)(H,17,19). The molecule has 5 nitrogen and oxygen atoms in total. The summed E-state index contributed by atoms with van der Waals surface area (Å²) in [5, 5.41) is 5.68. The number of carbonyl (C=O) groups excluding carboxylic acids is 2. The maximum absolute atomic E-state index is 12.2. The van der Waals surface area contributed by atoms with E-state index in [1.54, 1.807) is 31.2 Å². The average Bonchev–Trinajstić information content (AvgIpc) is 2.38. The summed E-state index contributed by atoms with van der Waals surface area (Å²) in [6.45, 7) is 5.63. The van der Waals surface area contributed by atoms with Crippen molar-refractivity contribution in [3.05, 3.63) is 29.3 Å². The van der Waals surface area contributed by atoms with Crippen LogP contribution in [0.2, 0.25) is 5.02 Å². The van der Waals surface area contributed by atoms with E-state index >= 15 is 0 Å². The lowest BCUT2D eigenvalue weighted by molar-refractivity contribution is -0.119. The van der Waals surface area contributed by atoms with Gasteiger partial charge in [0, 0.05) is 0 Å². The van der Waals surface area contributed by atoms with E-state index in [1.165, 1.54) is 0 Å². The van der Waals surface area contributed by atoms with Crippen molar-refractivity contribution in [1.29, 1.82) is 0 Å². The van der Waals surface area contributed by atoms with Gasteiger partial charge in [-0.25, -0.2) is 4.79 Å². The first kappa shape index (κ1) is 16.3. The lowest BCUT2D eigenvalue weighted by Crippen LogP contribution is -2.47. The first-order chi connectivity index (χ1) is 9.45. The minimum atomic E-state index is -0.690. The molecule has 0 aliphatic rings. The van der Waals surface area contributed by atoms with Crippen LogP contribution in [-0.2, 0) is 9.53 Å². The summed E-state index contributed by atoms with van der Waals surface area (Å²) >= 11 is 5.98. The number of amides is 2. The molecule has 20 heavy (non-hydrogen) atoms. The largest absolute Gasteiger partial charge is 0.450 e. The molecule has 0 fully saturated rings. The molecule has 6 heteroatoms. The highest BCUT2D eigenvalue weighted by molar-refractivity contribution is 6.33. The first-order valence-electron chi connectivity index (χ1n) is 6.44. The molecule has 0 heterocycles. The van der Waals surface area contributed by atoms with Crippen molar-refractivity contribution in [2.24, 2.45) is 5.92 Å². The zero-order valence-electron chi connectivity index (χ0n) is 11.8. The monoisotopic (exact) mass is 298 g/mol. The maximum Gasteiger partial charge on any atom is 0.407 e. The van der Waals surface area contributed by atoms with Crippen LogP contribution in [0.1, 0.15) is 20.8 Å². The highest BCUT2D eigenvalue weighted by atomic mass is 35.5. The Morgan fingerprint density at radius 1 is 1.30 bits per heavy atom. The molecule has 110 valence electrons. The Hall–Kier alpha value is -1.75. The number of para-hydroxylation sites is 1. The summed E-state index contributed by atoms with van der Waals surface area (Å²) in [5.41, 5.74) is 0.510. The molecule has 1 unspecified atom stereocenters. The fraction of sp³-hybridized carbons (Fsp3) is 0.429. The molecule has 0 aliphatic heterocycles. The molecule has 1 rings (SSSR count). The van der Waals surface area contributed by atoms with Gasteiger partial charge in [-0.3, -0.25) is 4.79 Å². The predicted molar refractivity (Wildman–Crippen MR) is 78.9 cm³/mol. The van der Waals surface area contributed by atoms with Crippen LogP contribution in [0.25, 0.3) is 0 Å². The van der Waals surface area contributed by atoms with Crippen molar-refractivity contribution in [3.8, 4) is 0 Å². The van der Waals surface area contributed by atoms with Gasteiger partial charge in [-0.1, -0.05) is 37.6 Å². The lowest BCUT2D eigenvalue weighted by Gasteiger charge is -2.21. The quantitative estimate of drug-likeness (QED) is 0.878. The Kier molecular flexibility index (Phi) is 6.31. The second kappa shape index (κ2) is 7.75. The van der Waals surface area contributed by atoms with Crippen LogP contribution in [0.15, 0.2) is 24.3 Å². The number of nitrogens with one attached hydrogen (secondary N) is 2. The van der Waals surface area contributed by atoms with Crippen molar-refractivity contribution in [1.82, 2.24) is 5.32 Å². The molecule has 1 atom stereocenters. The Labute approximate surface area is 123 Å². The summed E-state index contributed by atoms with van der Waals surface area (Å²) in [7, 11) is 0. The molecule has 0 bridgehead atoms. The van der Waals surface area contributed by atoms with Gasteiger partial charge in [0.25, 0.3) is 0 Å². The predicted octanol–water partition coefficient (Wildman–Crippen LogP) is 3.05. The smallest absolute Gasteiger partial charge is 0.407 e. The first-order valence-corrected chi connectivity index (χ1v) is 6.82. The Morgan fingerprint density at radius 3 is 2.50 bits per heavy atom. The number of anilines is 1. The Bertz CT molecular complexity index is 477. The van der Waals surface area contributed by atoms with Crippen LogP contribution < -0.4 is 10.6 Å². The third-order valence-corrected chi connectivity index (χ3v) is 2.96. The molecule has 0 aromatic heterocycles. The SMILES string of the molecule is CCOC(=O)NC(C(=O)Nc1ccccc1Cl)C(C)C. The fourth-order valence-electron chi connectivity index (χ4n) is 1.61. The molecule has 0 saturated carbocycles. The zero-order valence-corrected chi connectivity index (χ0v) is 12.5. The molecule has 1 aromatic rings. The van der Waals surface area contributed by atoms with Crippen molar-refractivity contribution in [3.63, 3.8) is 0 Å². The summed E-state index contributed by atoms with van der Waals surface area (Å²) in [6.07, 6.45) is -0.611. The minimum absolute atomic E-state index is 0.0816. The van der Waals surface area contributed by atoms with Gasteiger partial charge in [-0.05, 0) is 25.0 Å². The Morgan fingerprint density at radius 2 is 1.95 bits per heavy atom. The molecule has 2 N–H and O–H groups in total. The van der Waals surface area contributed by atoms with E-state index in [0.717, 1.165) is 0 Å². The van der Waals surface area contributed by atoms with Crippen LogP contribution in [0.4, 0.5) is 10.5 Å². The van der Waals surface area contributed by atoms with Gasteiger partial charge in [0.1, 0.15) is 6.04 Å². The van der Waals surface area contributed by atoms with Crippen molar-refractivity contribution < 1.29 is 14.3 Å². The molecule has 0 radical (unpaired) electrons. The fourth-order valence-corrected chi connectivity index (χ4v) is 1.79. The third kappa shape index (κ3) is 4.74. The van der Waals surface area contributed by atoms with Gasteiger partial charge < -0.3 is 15.4 Å². The molecule has 0 aliphatic carbocycles. The van der Waals surface area contributed by atoms with Crippen LogP contribution >= 0.6 is 11.6 Å². The highest BCUT2D eigenvalue weighted by Crippen LogP contribution is 2.21.